The second-order valence-corrected chi connectivity index (χ2v) is 5.77. The van der Waals surface area contributed by atoms with E-state index < -0.39 is 16.4 Å². The van der Waals surface area contributed by atoms with E-state index >= 15 is 0 Å². The molecule has 0 amide bonds. The number of rotatable bonds is 4. The fourth-order valence-corrected chi connectivity index (χ4v) is 2.76. The molecule has 1 aromatic heterocycles. The van der Waals surface area contributed by atoms with Crippen molar-refractivity contribution >= 4 is 33.4 Å². The quantitative estimate of drug-likeness (QED) is 0.643. The van der Waals surface area contributed by atoms with Crippen molar-refractivity contribution in [2.75, 3.05) is 5.32 Å². The molecule has 0 aromatic carbocycles. The predicted molar refractivity (Wildman–Crippen MR) is 75.7 cm³/mol. The fourth-order valence-electron chi connectivity index (χ4n) is 2.44. The summed E-state index contributed by atoms with van der Waals surface area (Å²) in [5, 5.41) is 23.3. The van der Waals surface area contributed by atoms with Crippen molar-refractivity contribution in [1.29, 1.82) is 0 Å². The second kappa shape index (κ2) is 5.74. The highest BCUT2D eigenvalue weighted by molar-refractivity contribution is 9.10. The first-order chi connectivity index (χ1) is 9.44. The van der Waals surface area contributed by atoms with Crippen LogP contribution in [0.5, 0.6) is 0 Å². The zero-order chi connectivity index (χ0) is 14.8. The molecule has 1 aliphatic rings. The number of aliphatic carboxylic acids is 1. The molecule has 0 spiro atoms. The predicted octanol–water partition coefficient (Wildman–Crippen LogP) is 2.95. The van der Waals surface area contributed by atoms with Crippen LogP contribution in [0, 0.1) is 10.1 Å². The van der Waals surface area contributed by atoms with Gasteiger partial charge in [0, 0.05) is 16.7 Å². The van der Waals surface area contributed by atoms with Crippen molar-refractivity contribution in [2.45, 2.75) is 37.6 Å². The molecule has 1 fully saturated rings. The first-order valence-electron chi connectivity index (χ1n) is 6.26. The molecule has 0 radical (unpaired) electrons. The van der Waals surface area contributed by atoms with Gasteiger partial charge in [0.25, 0.3) is 0 Å². The van der Waals surface area contributed by atoms with Crippen molar-refractivity contribution in [1.82, 2.24) is 4.98 Å². The average Bonchev–Trinajstić information content (AvgIpc) is 2.41. The molecule has 0 saturated heterocycles. The van der Waals surface area contributed by atoms with Crippen LogP contribution >= 0.6 is 15.9 Å². The molecule has 20 heavy (non-hydrogen) atoms. The Bertz CT molecular complexity index is 544. The van der Waals surface area contributed by atoms with Gasteiger partial charge in [0.05, 0.1) is 4.92 Å². The van der Waals surface area contributed by atoms with Gasteiger partial charge >= 0.3 is 11.7 Å². The van der Waals surface area contributed by atoms with Crippen LogP contribution in [0.3, 0.4) is 0 Å². The van der Waals surface area contributed by atoms with Crippen LogP contribution in [0.1, 0.15) is 32.1 Å². The van der Waals surface area contributed by atoms with Crippen LogP contribution < -0.4 is 5.32 Å². The lowest BCUT2D eigenvalue weighted by molar-refractivity contribution is -0.384. The molecule has 108 valence electrons. The number of aromatic nitrogens is 1. The third-order valence-electron chi connectivity index (χ3n) is 3.51. The Morgan fingerprint density at radius 3 is 2.65 bits per heavy atom. The maximum absolute atomic E-state index is 11.6. The van der Waals surface area contributed by atoms with Crippen molar-refractivity contribution in [3.63, 3.8) is 0 Å². The molecule has 0 atom stereocenters. The number of hydrogen-bond donors (Lipinski definition) is 2. The highest BCUT2D eigenvalue weighted by Gasteiger charge is 2.41. The van der Waals surface area contributed by atoms with Gasteiger partial charge in [-0.2, -0.15) is 0 Å². The minimum absolute atomic E-state index is 0.00231. The highest BCUT2D eigenvalue weighted by Crippen LogP contribution is 2.35. The van der Waals surface area contributed by atoms with E-state index in [0.29, 0.717) is 17.3 Å². The number of halogens is 1. The van der Waals surface area contributed by atoms with Gasteiger partial charge in [-0.3, -0.25) is 10.1 Å². The van der Waals surface area contributed by atoms with Gasteiger partial charge in [-0.1, -0.05) is 19.3 Å². The number of carbonyl (C=O) groups is 1. The van der Waals surface area contributed by atoms with Gasteiger partial charge in [0.15, 0.2) is 0 Å². The van der Waals surface area contributed by atoms with E-state index in [1.165, 1.54) is 12.3 Å². The number of nitro groups is 1. The van der Waals surface area contributed by atoms with Gasteiger partial charge in [0.1, 0.15) is 5.54 Å². The molecule has 0 bridgehead atoms. The minimum Gasteiger partial charge on any atom is -0.480 e. The summed E-state index contributed by atoms with van der Waals surface area (Å²) < 4.78 is 0.475. The van der Waals surface area contributed by atoms with Gasteiger partial charge < -0.3 is 10.4 Å². The number of nitrogens with one attached hydrogen (secondary N) is 1. The number of carboxylic acid groups (broad SMARTS) is 1. The summed E-state index contributed by atoms with van der Waals surface area (Å²) in [5.74, 6) is -0.987. The van der Waals surface area contributed by atoms with Gasteiger partial charge in [-0.15, -0.1) is 0 Å². The van der Waals surface area contributed by atoms with Crippen molar-refractivity contribution < 1.29 is 14.8 Å². The molecule has 8 heteroatoms. The molecule has 2 N–H and O–H groups in total. The first kappa shape index (κ1) is 14.7. The Labute approximate surface area is 123 Å². The van der Waals surface area contributed by atoms with E-state index in [1.54, 1.807) is 0 Å². The maximum atomic E-state index is 11.6. The summed E-state index contributed by atoms with van der Waals surface area (Å²) in [6.07, 6.45) is 4.84. The van der Waals surface area contributed by atoms with E-state index in [0.717, 1.165) is 19.3 Å². The zero-order valence-corrected chi connectivity index (χ0v) is 12.2. The van der Waals surface area contributed by atoms with Crippen molar-refractivity contribution in [3.8, 4) is 0 Å². The minimum atomic E-state index is -1.16. The Kier molecular flexibility index (Phi) is 4.22. The molecule has 1 heterocycles. The highest BCUT2D eigenvalue weighted by atomic mass is 79.9. The molecule has 1 aliphatic carbocycles. The molecule has 0 aliphatic heterocycles. The summed E-state index contributed by atoms with van der Waals surface area (Å²) >= 11 is 3.12. The maximum Gasteiger partial charge on any atom is 0.329 e. The Morgan fingerprint density at radius 2 is 2.10 bits per heavy atom. The van der Waals surface area contributed by atoms with Crippen LogP contribution in [0.25, 0.3) is 0 Å². The average molecular weight is 344 g/mol. The van der Waals surface area contributed by atoms with Crippen LogP contribution in [-0.4, -0.2) is 26.5 Å². The summed E-state index contributed by atoms with van der Waals surface area (Å²) in [7, 11) is 0. The normalized spacial score (nSPS) is 17.4. The summed E-state index contributed by atoms with van der Waals surface area (Å²) in [5.41, 5.74) is -1.39. The molecule has 1 saturated carbocycles. The number of hydrogen-bond acceptors (Lipinski definition) is 5. The SMILES string of the molecule is O=C(O)C1(Nc2ncc(Br)cc2[N+](=O)[O-])CCCCC1. The van der Waals surface area contributed by atoms with Crippen LogP contribution in [0.2, 0.25) is 0 Å². The molecule has 0 unspecified atom stereocenters. The number of pyridine rings is 1. The fraction of sp³-hybridized carbons (Fsp3) is 0.500. The lowest BCUT2D eigenvalue weighted by atomic mass is 9.81. The molecule has 7 nitrogen and oxygen atoms in total. The summed E-state index contributed by atoms with van der Waals surface area (Å²) in [6, 6.07) is 1.31. The smallest absolute Gasteiger partial charge is 0.329 e. The second-order valence-electron chi connectivity index (χ2n) is 4.85. The van der Waals surface area contributed by atoms with E-state index in [4.69, 9.17) is 0 Å². The van der Waals surface area contributed by atoms with Crippen LogP contribution in [0.4, 0.5) is 11.5 Å². The zero-order valence-electron chi connectivity index (χ0n) is 10.6. The lowest BCUT2D eigenvalue weighted by Crippen LogP contribution is -2.48. The largest absolute Gasteiger partial charge is 0.480 e. The number of nitrogens with zero attached hydrogens (tertiary/aromatic N) is 2. The van der Waals surface area contributed by atoms with E-state index in [2.05, 4.69) is 26.2 Å². The van der Waals surface area contributed by atoms with Gasteiger partial charge in [-0.25, -0.2) is 9.78 Å². The third-order valence-corrected chi connectivity index (χ3v) is 3.94. The summed E-state index contributed by atoms with van der Waals surface area (Å²) in [6.45, 7) is 0. The first-order valence-corrected chi connectivity index (χ1v) is 7.05. The Morgan fingerprint density at radius 1 is 1.45 bits per heavy atom. The van der Waals surface area contributed by atoms with Gasteiger partial charge in [-0.05, 0) is 28.8 Å². The van der Waals surface area contributed by atoms with E-state index in [9.17, 15) is 20.0 Å². The molecular formula is C12H14BrN3O4. The van der Waals surface area contributed by atoms with Gasteiger partial charge in [0.2, 0.25) is 5.82 Å². The van der Waals surface area contributed by atoms with E-state index in [-0.39, 0.29) is 11.5 Å². The lowest BCUT2D eigenvalue weighted by Gasteiger charge is -2.34. The summed E-state index contributed by atoms with van der Waals surface area (Å²) in [4.78, 5) is 26.0. The van der Waals surface area contributed by atoms with Crippen molar-refractivity contribution in [3.05, 3.63) is 26.9 Å². The molecule has 1 aromatic rings. The van der Waals surface area contributed by atoms with Crippen molar-refractivity contribution in [2.24, 2.45) is 0 Å². The molecular weight excluding hydrogens is 330 g/mol. The van der Waals surface area contributed by atoms with E-state index in [1.807, 2.05) is 0 Å². The molecule has 2 rings (SSSR count). The number of anilines is 1. The third kappa shape index (κ3) is 2.90. The topological polar surface area (TPSA) is 105 Å². The number of carboxylic acids is 1. The Hall–Kier alpha value is -1.70. The van der Waals surface area contributed by atoms with Crippen LogP contribution in [-0.2, 0) is 4.79 Å². The Balaban J connectivity index is 2.36. The monoisotopic (exact) mass is 343 g/mol. The van der Waals surface area contributed by atoms with Crippen LogP contribution in [0.15, 0.2) is 16.7 Å². The standard InChI is InChI=1S/C12H14BrN3O4/c13-8-6-9(16(19)20)10(14-7-8)15-12(11(17)18)4-2-1-3-5-12/h6-7H,1-5H2,(H,14,15)(H,17,18).